The van der Waals surface area contributed by atoms with Crippen LogP contribution in [0.3, 0.4) is 0 Å². The van der Waals surface area contributed by atoms with Gasteiger partial charge in [0.15, 0.2) is 5.76 Å². The lowest BCUT2D eigenvalue weighted by Gasteiger charge is -2.38. The molecule has 7 nitrogen and oxygen atoms in total. The number of hydrogen-bond donors (Lipinski definition) is 2. The van der Waals surface area contributed by atoms with E-state index >= 15 is 0 Å². The van der Waals surface area contributed by atoms with Gasteiger partial charge in [-0.05, 0) is 60.4 Å². The Balaban J connectivity index is 1.30. The van der Waals surface area contributed by atoms with Crippen molar-refractivity contribution in [2.24, 2.45) is 0 Å². The summed E-state index contributed by atoms with van der Waals surface area (Å²) in [6, 6.07) is 15.7. The summed E-state index contributed by atoms with van der Waals surface area (Å²) in [5.74, 6) is 11.4. The molecule has 1 aliphatic heterocycles. The highest BCUT2D eigenvalue weighted by Gasteiger charge is 2.30. The Labute approximate surface area is 197 Å². The second-order valence-corrected chi connectivity index (χ2v) is 7.63. The van der Waals surface area contributed by atoms with Crippen LogP contribution in [0.1, 0.15) is 27.2 Å². The number of methoxy groups -OCH3 is 1. The summed E-state index contributed by atoms with van der Waals surface area (Å²) in [4.78, 5) is 25.5. The molecule has 0 unspecified atom stereocenters. The fraction of sp³-hybridized carbons (Fsp3) is 0.185. The quantitative estimate of drug-likeness (QED) is 0.576. The van der Waals surface area contributed by atoms with E-state index in [4.69, 9.17) is 9.15 Å². The number of amides is 1. The Bertz CT molecular complexity index is 1350. The van der Waals surface area contributed by atoms with E-state index in [2.05, 4.69) is 29.0 Å². The summed E-state index contributed by atoms with van der Waals surface area (Å²) in [6.07, 6.45) is 1.38. The smallest absolute Gasteiger partial charge is 0.254 e. The maximum absolute atomic E-state index is 12.4. The molecule has 1 fully saturated rings. The zero-order valence-corrected chi connectivity index (χ0v) is 18.5. The van der Waals surface area contributed by atoms with Gasteiger partial charge in [0, 0.05) is 48.6 Å². The van der Waals surface area contributed by atoms with Crippen LogP contribution in [0.4, 0.5) is 5.69 Å². The fourth-order valence-corrected chi connectivity index (χ4v) is 3.27. The first kappa shape index (κ1) is 22.7. The van der Waals surface area contributed by atoms with E-state index in [0.29, 0.717) is 18.7 Å². The van der Waals surface area contributed by atoms with Gasteiger partial charge in [0.05, 0.1) is 18.9 Å². The molecule has 0 spiro atoms. The number of hydrogen-bond acceptors (Lipinski definition) is 6. The zero-order valence-electron chi connectivity index (χ0n) is 18.5. The van der Waals surface area contributed by atoms with Gasteiger partial charge in [-0.15, -0.1) is 0 Å². The summed E-state index contributed by atoms with van der Waals surface area (Å²) in [6.45, 7) is 1.42. The van der Waals surface area contributed by atoms with Gasteiger partial charge in [0.1, 0.15) is 0 Å². The minimum absolute atomic E-state index is 0.00402. The molecule has 0 saturated carbocycles. The summed E-state index contributed by atoms with van der Waals surface area (Å²) in [5, 5.41) is 12.8. The summed E-state index contributed by atoms with van der Waals surface area (Å²) < 4.78 is 10.4. The molecule has 1 aromatic heterocycles. The maximum Gasteiger partial charge on any atom is 0.254 e. The molecule has 0 bridgehead atoms. The molecule has 2 aromatic carbocycles. The van der Waals surface area contributed by atoms with Gasteiger partial charge >= 0.3 is 0 Å². The van der Waals surface area contributed by atoms with Crippen LogP contribution in [-0.2, 0) is 11.3 Å². The van der Waals surface area contributed by atoms with E-state index in [1.165, 1.54) is 6.26 Å². The van der Waals surface area contributed by atoms with Crippen molar-refractivity contribution in [1.82, 2.24) is 4.90 Å². The van der Waals surface area contributed by atoms with E-state index in [0.717, 1.165) is 22.9 Å². The molecule has 0 atom stereocenters. The van der Waals surface area contributed by atoms with Crippen molar-refractivity contribution in [3.63, 3.8) is 0 Å². The minimum atomic E-state index is -0.480. The first-order chi connectivity index (χ1) is 16.5. The molecule has 1 saturated heterocycles. The van der Waals surface area contributed by atoms with Crippen LogP contribution in [-0.4, -0.2) is 42.2 Å². The summed E-state index contributed by atoms with van der Waals surface area (Å²) >= 11 is 0. The average molecular weight is 454 g/mol. The van der Waals surface area contributed by atoms with Crippen LogP contribution in [0.2, 0.25) is 0 Å². The third-order valence-electron chi connectivity index (χ3n) is 5.34. The predicted octanol–water partition coefficient (Wildman–Crippen LogP) is 2.83. The van der Waals surface area contributed by atoms with E-state index < -0.39 is 11.2 Å². The van der Waals surface area contributed by atoms with Crippen molar-refractivity contribution >= 4 is 11.6 Å². The van der Waals surface area contributed by atoms with E-state index in [9.17, 15) is 14.7 Å². The number of anilines is 1. The largest absolute Gasteiger partial charge is 0.502 e. The van der Waals surface area contributed by atoms with Crippen LogP contribution < -0.4 is 10.7 Å². The number of ether oxygens (including phenoxy) is 1. The number of rotatable bonds is 5. The summed E-state index contributed by atoms with van der Waals surface area (Å²) in [5.41, 5.74) is 2.50. The zero-order chi connectivity index (χ0) is 23.9. The number of benzene rings is 2. The second-order valence-electron chi connectivity index (χ2n) is 7.63. The van der Waals surface area contributed by atoms with E-state index in [-0.39, 0.29) is 24.3 Å². The predicted molar refractivity (Wildman–Crippen MR) is 127 cm³/mol. The van der Waals surface area contributed by atoms with Crippen LogP contribution in [0.25, 0.3) is 0 Å². The van der Waals surface area contributed by atoms with Crippen LogP contribution in [0.15, 0.2) is 70.1 Å². The lowest BCUT2D eigenvalue weighted by molar-refractivity contribution is -0.0191. The van der Waals surface area contributed by atoms with Gasteiger partial charge in [-0.1, -0.05) is 11.8 Å². The van der Waals surface area contributed by atoms with Gasteiger partial charge in [-0.25, -0.2) is 0 Å². The average Bonchev–Trinajstić information content (AvgIpc) is 2.83. The molecule has 0 aliphatic carbocycles. The number of aromatic hydroxyl groups is 1. The van der Waals surface area contributed by atoms with Gasteiger partial charge in [0.2, 0.25) is 11.2 Å². The van der Waals surface area contributed by atoms with Crippen molar-refractivity contribution in [2.75, 3.05) is 25.5 Å². The number of likely N-dealkylation sites (tertiary alicyclic amines) is 1. The molecule has 0 radical (unpaired) electrons. The first-order valence-corrected chi connectivity index (χ1v) is 10.6. The van der Waals surface area contributed by atoms with Crippen molar-refractivity contribution in [3.05, 3.63) is 93.5 Å². The molecule has 2 heterocycles. The number of nitrogens with one attached hydrogen (secondary N) is 1. The number of carbonyl (C=O) groups excluding carboxylic acids is 1. The highest BCUT2D eigenvalue weighted by Crippen LogP contribution is 2.16. The molecule has 34 heavy (non-hydrogen) atoms. The standard InChI is InChI=1S/C27H22N2O5/c1-33-23-17-29(18-23)27(32)21-10-6-19(7-11-21)4-2-3-5-20-8-12-22(13-9-20)28-16-25-26(31)24(30)14-15-34-25/h6-15,23,28,31H,16-18H2,1H3. The van der Waals surface area contributed by atoms with Gasteiger partial charge in [-0.2, -0.15) is 0 Å². The molecule has 1 aliphatic rings. The second kappa shape index (κ2) is 10.4. The van der Waals surface area contributed by atoms with Gasteiger partial charge in [-0.3, -0.25) is 9.59 Å². The number of nitrogens with zero attached hydrogens (tertiary/aromatic N) is 1. The van der Waals surface area contributed by atoms with Crippen molar-refractivity contribution in [3.8, 4) is 29.4 Å². The Hall–Kier alpha value is -4.46. The van der Waals surface area contributed by atoms with Crippen LogP contribution >= 0.6 is 0 Å². The lowest BCUT2D eigenvalue weighted by Crippen LogP contribution is -2.54. The molecule has 7 heteroatoms. The van der Waals surface area contributed by atoms with E-state index in [1.807, 2.05) is 36.4 Å². The Morgan fingerprint density at radius 3 is 2.29 bits per heavy atom. The van der Waals surface area contributed by atoms with Crippen molar-refractivity contribution in [1.29, 1.82) is 0 Å². The number of carbonyl (C=O) groups is 1. The Morgan fingerprint density at radius 2 is 1.68 bits per heavy atom. The lowest BCUT2D eigenvalue weighted by atomic mass is 10.1. The maximum atomic E-state index is 12.4. The topological polar surface area (TPSA) is 92.0 Å². The van der Waals surface area contributed by atoms with Crippen molar-refractivity contribution in [2.45, 2.75) is 12.6 Å². The first-order valence-electron chi connectivity index (χ1n) is 10.6. The SMILES string of the molecule is COC1CN(C(=O)c2ccc(C#CC#Cc3ccc(NCc4occc(=O)c4O)cc3)cc2)C1. The van der Waals surface area contributed by atoms with Gasteiger partial charge < -0.3 is 24.5 Å². The molecule has 4 rings (SSSR count). The molecule has 3 aromatic rings. The Kier molecular flexibility index (Phi) is 6.98. The highest BCUT2D eigenvalue weighted by atomic mass is 16.5. The third-order valence-corrected chi connectivity index (χ3v) is 5.34. The fourth-order valence-electron chi connectivity index (χ4n) is 3.27. The molecule has 2 N–H and O–H groups in total. The van der Waals surface area contributed by atoms with Crippen LogP contribution in [0.5, 0.6) is 5.75 Å². The molecular weight excluding hydrogens is 432 g/mol. The summed E-state index contributed by atoms with van der Waals surface area (Å²) in [7, 11) is 1.65. The minimum Gasteiger partial charge on any atom is -0.502 e. The normalized spacial score (nSPS) is 12.6. The van der Waals surface area contributed by atoms with E-state index in [1.54, 1.807) is 24.1 Å². The molecule has 1 amide bonds. The molecular formula is C27H22N2O5. The molecule has 170 valence electrons. The van der Waals surface area contributed by atoms with Crippen molar-refractivity contribution < 1.29 is 19.1 Å². The van der Waals surface area contributed by atoms with Crippen LogP contribution in [0, 0.1) is 23.7 Å². The highest BCUT2D eigenvalue weighted by molar-refractivity contribution is 5.94. The third kappa shape index (κ3) is 5.47. The van der Waals surface area contributed by atoms with Gasteiger partial charge in [0.25, 0.3) is 5.91 Å². The monoisotopic (exact) mass is 454 g/mol. The Morgan fingerprint density at radius 1 is 1.06 bits per heavy atom.